The number of amides is 1. The van der Waals surface area contributed by atoms with Crippen LogP contribution in [-0.4, -0.2) is 121 Å². The first-order valence-electron chi connectivity index (χ1n) is 21.0. The van der Waals surface area contributed by atoms with Crippen LogP contribution >= 0.6 is 11.8 Å². The minimum atomic E-state index is -1.20. The Morgan fingerprint density at radius 2 is 1.62 bits per heavy atom. The van der Waals surface area contributed by atoms with E-state index >= 15 is 0 Å². The monoisotopic (exact) mass is 869 g/mol. The molecule has 1 aromatic rings. The molecule has 1 fully saturated rings. The average molecular weight is 870 g/mol. The summed E-state index contributed by atoms with van der Waals surface area (Å²) < 4.78 is 28.0. The first-order chi connectivity index (χ1) is 28.9. The van der Waals surface area contributed by atoms with Crippen molar-refractivity contribution in [1.82, 2.24) is 15.2 Å². The van der Waals surface area contributed by atoms with Crippen molar-refractivity contribution in [2.24, 2.45) is 21.8 Å². The quantitative estimate of drug-likeness (QED) is 0.0798. The van der Waals surface area contributed by atoms with Gasteiger partial charge in [0.1, 0.15) is 18.1 Å². The molecule has 3 rings (SSSR count). The van der Waals surface area contributed by atoms with Crippen LogP contribution in [-0.2, 0) is 47.7 Å². The summed E-state index contributed by atoms with van der Waals surface area (Å²) in [4.78, 5) is 76.2. The number of thioether (sulfide) groups is 1. The molecule has 338 valence electrons. The molecule has 7 atom stereocenters. The van der Waals surface area contributed by atoms with Crippen molar-refractivity contribution in [2.45, 2.75) is 131 Å². The lowest BCUT2D eigenvalue weighted by molar-refractivity contribution is -0.237. The van der Waals surface area contributed by atoms with E-state index in [0.717, 1.165) is 64.6 Å². The number of nitrogens with one attached hydrogen (secondary N) is 2. The van der Waals surface area contributed by atoms with Gasteiger partial charge in [-0.05, 0) is 81.6 Å². The number of aliphatic imine (C=N–C) groups is 2. The van der Waals surface area contributed by atoms with Crippen molar-refractivity contribution in [3.05, 3.63) is 45.4 Å². The second-order valence-electron chi connectivity index (χ2n) is 15.6. The Labute approximate surface area is 364 Å². The largest absolute Gasteiger partial charge is 0.463 e. The van der Waals surface area contributed by atoms with Crippen LogP contribution in [0.1, 0.15) is 99.5 Å². The van der Waals surface area contributed by atoms with Crippen LogP contribution in [0.2, 0.25) is 0 Å². The van der Waals surface area contributed by atoms with Crippen molar-refractivity contribution in [1.29, 1.82) is 0 Å². The van der Waals surface area contributed by atoms with E-state index in [1.165, 1.54) is 45.0 Å². The first-order valence-corrected chi connectivity index (χ1v) is 22.1. The smallest absolute Gasteiger partial charge is 0.303 e. The topological polar surface area (TPSA) is 187 Å². The molecule has 2 aliphatic rings. The number of H-pyrrole nitrogens is 1. The highest BCUT2D eigenvalue weighted by Crippen LogP contribution is 2.38. The number of allylic oxidation sites excluding steroid dienone is 3. The molecular weight excluding hydrogens is 803 g/mol. The number of likely N-dealkylation sites (N-methyl/N-ethyl adjacent to an activating group) is 1. The number of aryl methyl sites for hydroxylation is 1. The fourth-order valence-electron chi connectivity index (χ4n) is 7.41. The van der Waals surface area contributed by atoms with Crippen molar-refractivity contribution in [2.75, 3.05) is 40.0 Å². The maximum Gasteiger partial charge on any atom is 0.303 e. The van der Waals surface area contributed by atoms with E-state index in [4.69, 9.17) is 28.7 Å². The highest BCUT2D eigenvalue weighted by atomic mass is 32.2. The molecular formula is C45H67N5O10S. The van der Waals surface area contributed by atoms with Crippen LogP contribution in [0.15, 0.2) is 39.1 Å². The number of hydrogen-bond acceptors (Lipinski definition) is 14. The predicted octanol–water partition coefficient (Wildman–Crippen LogP) is 4.69. The summed E-state index contributed by atoms with van der Waals surface area (Å²) in [6.07, 6.45) is 5.66. The maximum absolute atomic E-state index is 13.6. The van der Waals surface area contributed by atoms with Gasteiger partial charge >= 0.3 is 23.9 Å². The van der Waals surface area contributed by atoms with Gasteiger partial charge in [-0.25, -0.2) is 0 Å². The Hall–Kier alpha value is -4.70. The summed E-state index contributed by atoms with van der Waals surface area (Å²) in [6, 6.07) is 2.14. The normalized spacial score (nSPS) is 24.5. The Kier molecular flexibility index (Phi) is 20.5. The SMILES string of the molecule is CC/C(C)=C(/C=C1N=C(/C(C)=c2/cc(C)/c(=C/C=NC)[nH]2)[C@@H](CCC(=O)N(C)CCCCCS[C@@H]2O[C@H](COC(C)=O)[C@@H](OC(C)=O)[C@H](OC(C)=O)[C@H]2OC(C)=O)[C@@H]\1C)NC. The molecule has 1 amide bonds. The van der Waals surface area contributed by atoms with Crippen LogP contribution < -0.4 is 16.0 Å². The van der Waals surface area contributed by atoms with Crippen LogP contribution in [0.25, 0.3) is 11.6 Å². The molecule has 0 bridgehead atoms. The number of aromatic nitrogens is 1. The number of carbonyl (C=O) groups is 5. The lowest BCUT2D eigenvalue weighted by atomic mass is 9.84. The Balaban J connectivity index is 1.67. The van der Waals surface area contributed by atoms with Gasteiger partial charge in [0.05, 0.1) is 0 Å². The van der Waals surface area contributed by atoms with Gasteiger partial charge < -0.3 is 38.9 Å². The third-order valence-corrected chi connectivity index (χ3v) is 12.2. The predicted molar refractivity (Wildman–Crippen MR) is 238 cm³/mol. The van der Waals surface area contributed by atoms with Gasteiger partial charge in [-0.1, -0.05) is 25.8 Å². The number of unbranched alkanes of at least 4 members (excludes halogenated alkanes) is 2. The highest BCUT2D eigenvalue weighted by Gasteiger charge is 2.52. The van der Waals surface area contributed by atoms with E-state index in [1.807, 2.05) is 20.2 Å². The number of carbonyl (C=O) groups excluding carboxylic acids is 5. The van der Waals surface area contributed by atoms with Gasteiger partial charge in [0.25, 0.3) is 0 Å². The summed E-state index contributed by atoms with van der Waals surface area (Å²) in [5, 5.41) is 5.33. The first kappa shape index (κ1) is 50.7. The zero-order chi connectivity index (χ0) is 45.4. The molecule has 0 aliphatic carbocycles. The van der Waals surface area contributed by atoms with Crippen LogP contribution in [0.3, 0.4) is 0 Å². The second kappa shape index (κ2) is 24.7. The number of esters is 4. The molecule has 0 radical (unpaired) electrons. The molecule has 1 aromatic heterocycles. The minimum absolute atomic E-state index is 0.0464. The highest BCUT2D eigenvalue weighted by molar-refractivity contribution is 7.99. The lowest BCUT2D eigenvalue weighted by Gasteiger charge is -2.44. The van der Waals surface area contributed by atoms with Gasteiger partial charge in [-0.3, -0.25) is 34.0 Å². The molecule has 0 saturated carbocycles. The minimum Gasteiger partial charge on any atom is -0.463 e. The molecule has 1 saturated heterocycles. The Morgan fingerprint density at radius 1 is 0.967 bits per heavy atom. The molecule has 0 aromatic carbocycles. The summed E-state index contributed by atoms with van der Waals surface area (Å²) in [6.45, 7) is 15.8. The van der Waals surface area contributed by atoms with Gasteiger partial charge in [0.15, 0.2) is 18.3 Å². The van der Waals surface area contributed by atoms with Crippen molar-refractivity contribution >= 4 is 65.1 Å². The maximum atomic E-state index is 13.6. The number of aromatic amines is 1. The summed E-state index contributed by atoms with van der Waals surface area (Å²) in [5.41, 5.74) is 5.64. The molecule has 2 N–H and O–H groups in total. The molecule has 16 heteroatoms. The average Bonchev–Trinajstić information content (AvgIpc) is 3.73. The third kappa shape index (κ3) is 15.0. The van der Waals surface area contributed by atoms with E-state index in [2.05, 4.69) is 62.1 Å². The zero-order valence-corrected chi connectivity index (χ0v) is 38.9. The van der Waals surface area contributed by atoms with E-state index in [-0.39, 0.29) is 24.3 Å². The van der Waals surface area contributed by atoms with E-state index < -0.39 is 53.7 Å². The molecule has 0 spiro atoms. The fraction of sp³-hybridized carbons (Fsp3) is 0.622. The number of hydrogen-bond donors (Lipinski definition) is 2. The van der Waals surface area contributed by atoms with Crippen LogP contribution in [0.4, 0.5) is 0 Å². The number of ether oxygens (including phenoxy) is 5. The van der Waals surface area contributed by atoms with E-state index in [0.29, 0.717) is 25.1 Å². The Bertz CT molecular complexity index is 1970. The van der Waals surface area contributed by atoms with Gasteiger partial charge in [0.2, 0.25) is 5.91 Å². The van der Waals surface area contributed by atoms with Gasteiger partial charge in [0, 0.05) is 108 Å². The van der Waals surface area contributed by atoms with E-state index in [1.54, 1.807) is 18.2 Å². The number of rotatable bonds is 20. The summed E-state index contributed by atoms with van der Waals surface area (Å²) in [5.74, 6) is -1.76. The second-order valence-corrected chi connectivity index (χ2v) is 16.8. The lowest BCUT2D eigenvalue weighted by Crippen LogP contribution is -2.61. The van der Waals surface area contributed by atoms with Gasteiger partial charge in [-0.15, -0.1) is 11.8 Å². The molecule has 3 heterocycles. The van der Waals surface area contributed by atoms with Crippen molar-refractivity contribution in [3.63, 3.8) is 0 Å². The molecule has 15 nitrogen and oxygen atoms in total. The fourth-order valence-corrected chi connectivity index (χ4v) is 8.63. The third-order valence-electron chi connectivity index (χ3n) is 10.9. The van der Waals surface area contributed by atoms with E-state index in [9.17, 15) is 24.0 Å². The molecule has 61 heavy (non-hydrogen) atoms. The van der Waals surface area contributed by atoms with Crippen molar-refractivity contribution < 1.29 is 47.7 Å². The molecule has 2 aliphatic heterocycles. The zero-order valence-electron chi connectivity index (χ0n) is 38.0. The molecule has 0 unspecified atom stereocenters. The van der Waals surface area contributed by atoms with Crippen LogP contribution in [0, 0.1) is 18.8 Å². The van der Waals surface area contributed by atoms with Gasteiger partial charge in [-0.2, -0.15) is 0 Å². The number of nitrogens with zero attached hydrogens (tertiary/aromatic N) is 3. The van der Waals surface area contributed by atoms with Crippen LogP contribution in [0.5, 0.6) is 0 Å². The standard InChI is InChI=1S/C45H67N5O10S/c1-13-26(2)36(47-11)24-38-28(4)34(41(49-38)29(5)37-23-27(3)35(48-37)19-20-46-10)17-18-40(55)50(12)21-15-14-16-22-61-45-44(59-33(9)54)43(58-32(8)53)42(57-31(7)52)39(60-45)25-56-30(6)51/h19-20,23-24,28,34,39,42-45,47-48H,13-18,21-22,25H2,1-12H3/b35-19-,36-26-,37-29-,38-24-,46-20?/t28-,34-,39+,42+,43-,44+,45-/m0/s1. The Morgan fingerprint density at radius 3 is 2.23 bits per heavy atom. The summed E-state index contributed by atoms with van der Waals surface area (Å²) in [7, 11) is 5.51. The summed E-state index contributed by atoms with van der Waals surface area (Å²) >= 11 is 1.35. The van der Waals surface area contributed by atoms with Crippen molar-refractivity contribution in [3.8, 4) is 0 Å².